The molecule has 0 aromatic rings. The Labute approximate surface area is 97.9 Å². The fourth-order valence-electron chi connectivity index (χ4n) is 2.27. The van der Waals surface area contributed by atoms with Crippen molar-refractivity contribution in [2.45, 2.75) is 52.1 Å². The molecule has 1 unspecified atom stereocenters. The van der Waals surface area contributed by atoms with Crippen LogP contribution in [0, 0.1) is 0 Å². The zero-order valence-corrected chi connectivity index (χ0v) is 11.3. The van der Waals surface area contributed by atoms with E-state index in [9.17, 15) is 13.2 Å². The van der Waals surface area contributed by atoms with Crippen LogP contribution in [0.2, 0.25) is 0 Å². The highest BCUT2D eigenvalue weighted by molar-refractivity contribution is 7.91. The van der Waals surface area contributed by atoms with E-state index < -0.39 is 9.84 Å². The van der Waals surface area contributed by atoms with Crippen LogP contribution in [-0.2, 0) is 14.6 Å². The third-order valence-corrected chi connectivity index (χ3v) is 4.62. The van der Waals surface area contributed by atoms with Crippen molar-refractivity contribution in [1.29, 1.82) is 0 Å². The summed E-state index contributed by atoms with van der Waals surface area (Å²) in [5.41, 5.74) is -0.308. The standard InChI is InChI=1S/C11H21NO3S/c1-5-10(13)12(11(2,3)4)9-6-7-16(14,15)8-9/h9H,5-8H2,1-4H3. The van der Waals surface area contributed by atoms with Gasteiger partial charge in [0.25, 0.3) is 0 Å². The van der Waals surface area contributed by atoms with E-state index >= 15 is 0 Å². The molecule has 0 N–H and O–H groups in total. The van der Waals surface area contributed by atoms with Crippen molar-refractivity contribution in [1.82, 2.24) is 4.90 Å². The van der Waals surface area contributed by atoms with Gasteiger partial charge >= 0.3 is 0 Å². The van der Waals surface area contributed by atoms with Gasteiger partial charge in [0.1, 0.15) is 0 Å². The van der Waals surface area contributed by atoms with Crippen molar-refractivity contribution in [2.24, 2.45) is 0 Å². The van der Waals surface area contributed by atoms with Crippen molar-refractivity contribution in [3.8, 4) is 0 Å². The summed E-state index contributed by atoms with van der Waals surface area (Å²) in [7, 11) is -2.94. The lowest BCUT2D eigenvalue weighted by Crippen LogP contribution is -2.52. The first kappa shape index (κ1) is 13.5. The van der Waals surface area contributed by atoms with Crippen LogP contribution < -0.4 is 0 Å². The van der Waals surface area contributed by atoms with Gasteiger partial charge in [0.2, 0.25) is 5.91 Å². The molecule has 1 rings (SSSR count). The lowest BCUT2D eigenvalue weighted by atomic mass is 10.0. The van der Waals surface area contributed by atoms with Crippen molar-refractivity contribution in [3.05, 3.63) is 0 Å². The Morgan fingerprint density at radius 2 is 1.94 bits per heavy atom. The minimum atomic E-state index is -2.94. The van der Waals surface area contributed by atoms with Crippen LogP contribution in [0.5, 0.6) is 0 Å². The molecule has 1 heterocycles. The largest absolute Gasteiger partial charge is 0.334 e. The van der Waals surface area contributed by atoms with Gasteiger partial charge < -0.3 is 4.90 Å². The lowest BCUT2D eigenvalue weighted by molar-refractivity contribution is -0.138. The summed E-state index contributed by atoms with van der Waals surface area (Å²) in [5.74, 6) is 0.367. The van der Waals surface area contributed by atoms with Crippen LogP contribution in [0.15, 0.2) is 0 Å². The highest BCUT2D eigenvalue weighted by atomic mass is 32.2. The monoisotopic (exact) mass is 247 g/mol. The third kappa shape index (κ3) is 2.97. The van der Waals surface area contributed by atoms with Crippen molar-refractivity contribution < 1.29 is 13.2 Å². The number of carbonyl (C=O) groups excluding carboxylic acids is 1. The minimum Gasteiger partial charge on any atom is -0.334 e. The molecule has 1 saturated heterocycles. The number of carbonyl (C=O) groups is 1. The van der Waals surface area contributed by atoms with Crippen molar-refractivity contribution in [3.63, 3.8) is 0 Å². The molecule has 0 aromatic carbocycles. The molecule has 1 atom stereocenters. The molecule has 0 aromatic heterocycles. The van der Waals surface area contributed by atoms with Crippen LogP contribution in [-0.4, -0.2) is 42.3 Å². The van der Waals surface area contributed by atoms with E-state index in [2.05, 4.69) is 0 Å². The van der Waals surface area contributed by atoms with Crippen LogP contribution in [0.25, 0.3) is 0 Å². The Morgan fingerprint density at radius 3 is 2.25 bits per heavy atom. The summed E-state index contributed by atoms with van der Waals surface area (Å²) in [6, 6.07) is -0.141. The van der Waals surface area contributed by atoms with E-state index in [-0.39, 0.29) is 29.0 Å². The number of nitrogens with zero attached hydrogens (tertiary/aromatic N) is 1. The number of rotatable bonds is 2. The van der Waals surface area contributed by atoms with Gasteiger partial charge in [-0.1, -0.05) is 6.92 Å². The summed E-state index contributed by atoms with van der Waals surface area (Å²) in [4.78, 5) is 13.6. The SMILES string of the molecule is CCC(=O)N(C1CCS(=O)(=O)C1)C(C)(C)C. The number of amides is 1. The molecule has 1 aliphatic heterocycles. The zero-order valence-electron chi connectivity index (χ0n) is 10.5. The second-order valence-electron chi connectivity index (χ2n) is 5.34. The fourth-order valence-corrected chi connectivity index (χ4v) is 3.97. The van der Waals surface area contributed by atoms with Gasteiger partial charge in [-0.05, 0) is 27.2 Å². The fraction of sp³-hybridized carbons (Fsp3) is 0.909. The van der Waals surface area contributed by atoms with E-state index in [4.69, 9.17) is 0 Å². The summed E-state index contributed by atoms with van der Waals surface area (Å²) in [6.07, 6.45) is 0.999. The van der Waals surface area contributed by atoms with Gasteiger partial charge in [0.05, 0.1) is 11.5 Å². The first-order chi connectivity index (χ1) is 7.17. The Bertz CT molecular complexity index is 367. The molecular weight excluding hydrogens is 226 g/mol. The predicted molar refractivity (Wildman–Crippen MR) is 63.9 cm³/mol. The van der Waals surface area contributed by atoms with Crippen molar-refractivity contribution >= 4 is 15.7 Å². The summed E-state index contributed by atoms with van der Waals surface area (Å²) in [5, 5.41) is 0. The van der Waals surface area contributed by atoms with Crippen molar-refractivity contribution in [2.75, 3.05) is 11.5 Å². The normalized spacial score (nSPS) is 24.4. The topological polar surface area (TPSA) is 54.5 Å². The van der Waals surface area contributed by atoms with Gasteiger partial charge in [-0.3, -0.25) is 4.79 Å². The van der Waals surface area contributed by atoms with E-state index in [0.29, 0.717) is 12.8 Å². The summed E-state index contributed by atoms with van der Waals surface area (Å²) >= 11 is 0. The average Bonchev–Trinajstić information content (AvgIpc) is 2.43. The van der Waals surface area contributed by atoms with Gasteiger partial charge in [-0.15, -0.1) is 0 Å². The van der Waals surface area contributed by atoms with E-state index in [1.807, 2.05) is 27.7 Å². The molecule has 0 aliphatic carbocycles. The van der Waals surface area contributed by atoms with Crippen LogP contribution in [0.4, 0.5) is 0 Å². The molecular formula is C11H21NO3S. The smallest absolute Gasteiger partial charge is 0.223 e. The van der Waals surface area contributed by atoms with E-state index in [0.717, 1.165) is 0 Å². The molecule has 1 aliphatic rings. The lowest BCUT2D eigenvalue weighted by Gasteiger charge is -2.40. The second kappa shape index (κ2) is 4.35. The molecule has 1 amide bonds. The van der Waals surface area contributed by atoms with Gasteiger partial charge in [0, 0.05) is 18.0 Å². The van der Waals surface area contributed by atoms with Gasteiger partial charge in [-0.25, -0.2) is 8.42 Å². The first-order valence-electron chi connectivity index (χ1n) is 5.70. The molecule has 0 saturated carbocycles. The number of sulfone groups is 1. The third-order valence-electron chi connectivity index (χ3n) is 2.87. The van der Waals surface area contributed by atoms with Crippen LogP contribution >= 0.6 is 0 Å². The highest BCUT2D eigenvalue weighted by Crippen LogP contribution is 2.25. The Hall–Kier alpha value is -0.580. The molecule has 0 spiro atoms. The maximum atomic E-state index is 11.9. The van der Waals surface area contributed by atoms with Crippen LogP contribution in [0.1, 0.15) is 40.5 Å². The van der Waals surface area contributed by atoms with Crippen LogP contribution in [0.3, 0.4) is 0 Å². The molecule has 1 fully saturated rings. The minimum absolute atomic E-state index is 0.0367. The predicted octanol–water partition coefficient (Wildman–Crippen LogP) is 1.21. The molecule has 5 heteroatoms. The summed E-state index contributed by atoms with van der Waals surface area (Å²) in [6.45, 7) is 7.66. The number of hydrogen-bond acceptors (Lipinski definition) is 3. The average molecular weight is 247 g/mol. The molecule has 0 bridgehead atoms. The Balaban J connectivity index is 2.92. The molecule has 4 nitrogen and oxygen atoms in total. The summed E-state index contributed by atoms with van der Waals surface area (Å²) < 4.78 is 22.9. The molecule has 16 heavy (non-hydrogen) atoms. The number of hydrogen-bond donors (Lipinski definition) is 0. The van der Waals surface area contributed by atoms with E-state index in [1.165, 1.54) is 0 Å². The zero-order chi connectivity index (χ0) is 12.6. The van der Waals surface area contributed by atoms with Gasteiger partial charge in [-0.2, -0.15) is 0 Å². The second-order valence-corrected chi connectivity index (χ2v) is 7.57. The highest BCUT2D eigenvalue weighted by Gasteiger charge is 2.38. The maximum absolute atomic E-state index is 11.9. The maximum Gasteiger partial charge on any atom is 0.223 e. The quantitative estimate of drug-likeness (QED) is 0.737. The van der Waals surface area contributed by atoms with E-state index in [1.54, 1.807) is 4.90 Å². The molecule has 94 valence electrons. The first-order valence-corrected chi connectivity index (χ1v) is 7.52. The van der Waals surface area contributed by atoms with Gasteiger partial charge in [0.15, 0.2) is 9.84 Å². The Morgan fingerprint density at radius 1 is 1.38 bits per heavy atom. The molecule has 0 radical (unpaired) electrons. The Kier molecular flexibility index (Phi) is 3.67.